The number of rotatable bonds is 6. The Bertz CT molecular complexity index is 1810. The van der Waals surface area contributed by atoms with E-state index in [-0.39, 0.29) is 28.8 Å². The maximum absolute atomic E-state index is 16.9. The third-order valence-electron chi connectivity index (χ3n) is 7.82. The van der Waals surface area contributed by atoms with Gasteiger partial charge in [0.25, 0.3) is 0 Å². The van der Waals surface area contributed by atoms with Crippen LogP contribution in [0.3, 0.4) is 0 Å². The van der Waals surface area contributed by atoms with Gasteiger partial charge in [-0.25, -0.2) is 27.9 Å². The van der Waals surface area contributed by atoms with Gasteiger partial charge >= 0.3 is 5.76 Å². The summed E-state index contributed by atoms with van der Waals surface area (Å²) < 4.78 is 52.1. The first kappa shape index (κ1) is 27.2. The van der Waals surface area contributed by atoms with Gasteiger partial charge in [0.2, 0.25) is 5.82 Å². The van der Waals surface area contributed by atoms with Crippen LogP contribution in [0, 0.1) is 23.5 Å². The lowest BCUT2D eigenvalue weighted by Gasteiger charge is -2.29. The van der Waals surface area contributed by atoms with Gasteiger partial charge in [0.1, 0.15) is 17.3 Å². The first-order valence-corrected chi connectivity index (χ1v) is 13.7. The second-order valence-corrected chi connectivity index (χ2v) is 11.3. The Hall–Kier alpha value is -3.99. The Morgan fingerprint density at radius 3 is 2.59 bits per heavy atom. The van der Waals surface area contributed by atoms with E-state index in [9.17, 15) is 13.6 Å². The number of hydrogen-bond acceptors (Lipinski definition) is 6. The minimum atomic E-state index is -2.44. The van der Waals surface area contributed by atoms with Gasteiger partial charge in [-0.1, -0.05) is 36.5 Å². The van der Waals surface area contributed by atoms with E-state index in [1.165, 1.54) is 13.1 Å². The summed E-state index contributed by atoms with van der Waals surface area (Å²) >= 11 is 6.28. The lowest BCUT2D eigenvalue weighted by atomic mass is 9.83. The molecule has 6 rings (SSSR count). The van der Waals surface area contributed by atoms with Crippen molar-refractivity contribution in [3.8, 4) is 22.8 Å². The van der Waals surface area contributed by atoms with Gasteiger partial charge in [-0.2, -0.15) is 0 Å². The number of fused-ring (bicyclic) bond motifs is 1. The van der Waals surface area contributed by atoms with Gasteiger partial charge < -0.3 is 4.57 Å². The molecule has 1 fully saturated rings. The van der Waals surface area contributed by atoms with Crippen LogP contribution in [0.1, 0.15) is 50.9 Å². The third-order valence-corrected chi connectivity index (χ3v) is 8.03. The monoisotopic (exact) mass is 582 g/mol. The minimum absolute atomic E-state index is 0.0538. The quantitative estimate of drug-likeness (QED) is 0.235. The molecule has 5 aromatic rings. The SMILES string of the molecule is CC1CCC(Cn2c(C(C)(F)c3ccc(F)cc3F)nc3cc(-c4noc(=O)[nH]4)nc(-c4cncc(Cl)c4)c32)CC1. The van der Waals surface area contributed by atoms with Crippen molar-refractivity contribution in [3.63, 3.8) is 0 Å². The molecule has 0 bridgehead atoms. The Balaban J connectivity index is 1.63. The van der Waals surface area contributed by atoms with Crippen LogP contribution < -0.4 is 5.76 Å². The zero-order valence-electron chi connectivity index (χ0n) is 22.3. The molecule has 4 aromatic heterocycles. The summed E-state index contributed by atoms with van der Waals surface area (Å²) in [5.74, 6) is -1.77. The molecule has 0 radical (unpaired) electrons. The second-order valence-electron chi connectivity index (χ2n) is 10.9. The van der Waals surface area contributed by atoms with E-state index in [2.05, 4.69) is 26.6 Å². The van der Waals surface area contributed by atoms with Crippen LogP contribution in [-0.4, -0.2) is 29.7 Å². The van der Waals surface area contributed by atoms with E-state index in [0.29, 0.717) is 45.8 Å². The number of halogens is 4. The summed E-state index contributed by atoms with van der Waals surface area (Å²) in [6.45, 7) is 3.84. The molecule has 0 spiro atoms. The van der Waals surface area contributed by atoms with Gasteiger partial charge in [-0.05, 0) is 55.9 Å². The van der Waals surface area contributed by atoms with E-state index in [1.54, 1.807) is 22.9 Å². The molecule has 8 nitrogen and oxygen atoms in total. The van der Waals surface area contributed by atoms with Crippen molar-refractivity contribution < 1.29 is 17.7 Å². The maximum atomic E-state index is 16.9. The first-order valence-electron chi connectivity index (χ1n) is 13.3. The van der Waals surface area contributed by atoms with Crippen LogP contribution in [0.5, 0.6) is 0 Å². The molecular formula is C29H26ClF3N6O2. The van der Waals surface area contributed by atoms with Crippen molar-refractivity contribution in [2.45, 2.75) is 51.7 Å². The second kappa shape index (κ2) is 10.4. The van der Waals surface area contributed by atoms with Gasteiger partial charge in [-0.15, -0.1) is 0 Å². The van der Waals surface area contributed by atoms with E-state index in [4.69, 9.17) is 21.6 Å². The van der Waals surface area contributed by atoms with Crippen LogP contribution >= 0.6 is 11.6 Å². The zero-order valence-corrected chi connectivity index (χ0v) is 23.1. The van der Waals surface area contributed by atoms with E-state index < -0.39 is 23.1 Å². The number of alkyl halides is 1. The standard InChI is InChI=1S/C29H26ClF3N6O2/c1-15-3-5-16(6-4-15)14-39-25-22(36-27(39)29(2,33)20-8-7-19(31)10-21(20)32)11-23(26-37-28(40)41-38-26)35-24(25)17-9-18(30)13-34-12-17/h7-13,15-16H,3-6,14H2,1-2H3,(H,37,38,40). The van der Waals surface area contributed by atoms with E-state index >= 15 is 4.39 Å². The number of benzene rings is 1. The average Bonchev–Trinajstić information content (AvgIpc) is 3.53. The number of aromatic amines is 1. The fourth-order valence-electron chi connectivity index (χ4n) is 5.66. The fraction of sp³-hybridized carbons (Fsp3) is 0.345. The highest BCUT2D eigenvalue weighted by Gasteiger charge is 2.38. The highest BCUT2D eigenvalue weighted by atomic mass is 35.5. The predicted octanol–water partition coefficient (Wildman–Crippen LogP) is 6.83. The lowest BCUT2D eigenvalue weighted by Crippen LogP contribution is -2.27. The molecule has 1 aliphatic rings. The molecule has 1 N–H and O–H groups in total. The van der Waals surface area contributed by atoms with Crippen molar-refractivity contribution in [2.75, 3.05) is 0 Å². The number of aromatic nitrogens is 6. The number of nitrogens with one attached hydrogen (secondary N) is 1. The molecule has 0 aliphatic heterocycles. The number of imidazole rings is 1. The summed E-state index contributed by atoms with van der Waals surface area (Å²) in [5, 5.41) is 4.11. The number of nitrogens with zero attached hydrogens (tertiary/aromatic N) is 5. The molecular weight excluding hydrogens is 557 g/mol. The molecule has 0 amide bonds. The summed E-state index contributed by atoms with van der Waals surface area (Å²) in [6, 6.07) is 6.01. The van der Waals surface area contributed by atoms with Gasteiger partial charge in [-0.3, -0.25) is 14.5 Å². The van der Waals surface area contributed by atoms with E-state index in [0.717, 1.165) is 37.8 Å². The first-order chi connectivity index (χ1) is 19.6. The average molecular weight is 583 g/mol. The predicted molar refractivity (Wildman–Crippen MR) is 147 cm³/mol. The molecule has 41 heavy (non-hydrogen) atoms. The molecule has 212 valence electrons. The highest BCUT2D eigenvalue weighted by Crippen LogP contribution is 2.41. The summed E-state index contributed by atoms with van der Waals surface area (Å²) in [7, 11) is 0. The Morgan fingerprint density at radius 1 is 1.12 bits per heavy atom. The van der Waals surface area contributed by atoms with Crippen molar-refractivity contribution in [1.82, 2.24) is 29.7 Å². The third kappa shape index (κ3) is 5.14. The van der Waals surface area contributed by atoms with Crippen molar-refractivity contribution in [3.05, 3.63) is 81.3 Å². The Labute approximate surface area is 237 Å². The van der Waals surface area contributed by atoms with Gasteiger partial charge in [0, 0.05) is 36.1 Å². The fourth-order valence-corrected chi connectivity index (χ4v) is 5.83. The molecule has 1 unspecified atom stereocenters. The summed E-state index contributed by atoms with van der Waals surface area (Å²) in [6.07, 6.45) is 7.00. The van der Waals surface area contributed by atoms with Crippen molar-refractivity contribution in [2.24, 2.45) is 11.8 Å². The van der Waals surface area contributed by atoms with Gasteiger partial charge in [0.05, 0.1) is 21.7 Å². The van der Waals surface area contributed by atoms with Crippen molar-refractivity contribution in [1.29, 1.82) is 0 Å². The maximum Gasteiger partial charge on any atom is 0.439 e. The highest BCUT2D eigenvalue weighted by molar-refractivity contribution is 6.30. The van der Waals surface area contributed by atoms with Crippen LogP contribution in [0.4, 0.5) is 13.2 Å². The Kier molecular flexibility index (Phi) is 6.93. The molecule has 0 saturated heterocycles. The molecule has 1 atom stereocenters. The van der Waals surface area contributed by atoms with Crippen LogP contribution in [-0.2, 0) is 12.2 Å². The normalized spacial score (nSPS) is 19.0. The number of pyridine rings is 2. The topological polar surface area (TPSA) is 102 Å². The zero-order chi connectivity index (χ0) is 28.9. The Morgan fingerprint density at radius 2 is 1.90 bits per heavy atom. The number of H-pyrrole nitrogens is 1. The van der Waals surface area contributed by atoms with Crippen LogP contribution in [0.25, 0.3) is 33.8 Å². The molecule has 1 aromatic carbocycles. The minimum Gasteiger partial charge on any atom is -0.323 e. The van der Waals surface area contributed by atoms with Crippen molar-refractivity contribution >= 4 is 22.6 Å². The largest absolute Gasteiger partial charge is 0.439 e. The van der Waals surface area contributed by atoms with Crippen LogP contribution in [0.15, 0.2) is 52.0 Å². The van der Waals surface area contributed by atoms with Gasteiger partial charge in [0.15, 0.2) is 11.5 Å². The summed E-state index contributed by atoms with van der Waals surface area (Å²) in [5.41, 5.74) is -0.848. The van der Waals surface area contributed by atoms with Crippen LogP contribution in [0.2, 0.25) is 5.02 Å². The summed E-state index contributed by atoms with van der Waals surface area (Å²) in [4.78, 5) is 27.8. The lowest BCUT2D eigenvalue weighted by molar-refractivity contribution is 0.208. The molecule has 4 heterocycles. The molecule has 12 heteroatoms. The molecule has 1 saturated carbocycles. The van der Waals surface area contributed by atoms with E-state index in [1.807, 2.05) is 0 Å². The molecule has 1 aliphatic carbocycles. The number of hydrogen-bond donors (Lipinski definition) is 1. The smallest absolute Gasteiger partial charge is 0.323 e.